The molecule has 1 aliphatic heterocycles. The van der Waals surface area contributed by atoms with Gasteiger partial charge in [0.1, 0.15) is 17.3 Å². The summed E-state index contributed by atoms with van der Waals surface area (Å²) in [6, 6.07) is 27.6. The fraction of sp³-hybridized carbons (Fsp3) is 0.219. The van der Waals surface area contributed by atoms with Crippen LogP contribution in [0.5, 0.6) is 11.5 Å². The summed E-state index contributed by atoms with van der Waals surface area (Å²) in [5, 5.41) is 21.8. The zero-order valence-electron chi connectivity index (χ0n) is 21.9. The normalized spacial score (nSPS) is 17.9. The van der Waals surface area contributed by atoms with Gasteiger partial charge in [-0.1, -0.05) is 54.6 Å². The molecule has 5 rings (SSSR count). The minimum absolute atomic E-state index is 0.0254. The summed E-state index contributed by atoms with van der Waals surface area (Å²) in [5.41, 5.74) is 4.00. The predicted molar refractivity (Wildman–Crippen MR) is 149 cm³/mol. The third-order valence-electron chi connectivity index (χ3n) is 7.45. The highest BCUT2D eigenvalue weighted by atomic mass is 19.1. The number of hydrogen-bond acceptors (Lipinski definition) is 4. The number of amides is 2. The van der Waals surface area contributed by atoms with Gasteiger partial charge in [-0.3, -0.25) is 4.90 Å². The molecule has 4 aromatic carbocycles. The SMILES string of the molecule is COc1ccc([C@@H]2[C@H](CC[C@H](O)c3ccc(F)cc3)N(C)C(=O)N2c2ccc(-c3ccccc3)cc2)c(O)c1. The van der Waals surface area contributed by atoms with Crippen molar-refractivity contribution in [1.29, 1.82) is 0 Å². The van der Waals surface area contributed by atoms with E-state index >= 15 is 0 Å². The Bertz CT molecular complexity index is 1430. The van der Waals surface area contributed by atoms with Crippen molar-refractivity contribution in [2.75, 3.05) is 19.1 Å². The first-order chi connectivity index (χ1) is 18.9. The van der Waals surface area contributed by atoms with Crippen molar-refractivity contribution in [3.05, 3.63) is 114 Å². The number of halogens is 1. The van der Waals surface area contributed by atoms with Crippen molar-refractivity contribution < 1.29 is 24.1 Å². The Hall–Kier alpha value is -4.36. The number of ether oxygens (including phenoxy) is 1. The number of benzene rings is 4. The maximum absolute atomic E-state index is 13.7. The first-order valence-corrected chi connectivity index (χ1v) is 12.9. The second-order valence-electron chi connectivity index (χ2n) is 9.76. The molecule has 3 atom stereocenters. The van der Waals surface area contributed by atoms with Crippen molar-refractivity contribution >= 4 is 11.7 Å². The van der Waals surface area contributed by atoms with Gasteiger partial charge in [-0.15, -0.1) is 0 Å². The van der Waals surface area contributed by atoms with E-state index in [0.29, 0.717) is 35.4 Å². The Balaban J connectivity index is 1.48. The molecule has 0 aromatic heterocycles. The van der Waals surface area contributed by atoms with E-state index in [1.54, 1.807) is 47.2 Å². The van der Waals surface area contributed by atoms with E-state index in [0.717, 1.165) is 11.1 Å². The van der Waals surface area contributed by atoms with Crippen molar-refractivity contribution in [3.63, 3.8) is 0 Å². The number of carbonyl (C=O) groups is 1. The van der Waals surface area contributed by atoms with E-state index in [1.807, 2.05) is 54.6 Å². The molecule has 1 fully saturated rings. The molecule has 7 heteroatoms. The lowest BCUT2D eigenvalue weighted by Gasteiger charge is -2.29. The van der Waals surface area contributed by atoms with Crippen LogP contribution in [0.1, 0.15) is 36.1 Å². The molecule has 0 radical (unpaired) electrons. The van der Waals surface area contributed by atoms with Gasteiger partial charge in [-0.25, -0.2) is 9.18 Å². The lowest BCUT2D eigenvalue weighted by molar-refractivity contribution is 0.148. The maximum atomic E-state index is 13.7. The van der Waals surface area contributed by atoms with Crippen LogP contribution in [0, 0.1) is 5.82 Å². The fourth-order valence-electron chi connectivity index (χ4n) is 5.31. The van der Waals surface area contributed by atoms with Crippen molar-refractivity contribution in [1.82, 2.24) is 4.90 Å². The summed E-state index contributed by atoms with van der Waals surface area (Å²) < 4.78 is 18.6. The summed E-state index contributed by atoms with van der Waals surface area (Å²) in [7, 11) is 3.27. The third-order valence-corrected chi connectivity index (χ3v) is 7.45. The smallest absolute Gasteiger partial charge is 0.325 e. The molecule has 0 unspecified atom stereocenters. The Morgan fingerprint density at radius 1 is 0.923 bits per heavy atom. The van der Waals surface area contributed by atoms with Crippen LogP contribution in [-0.4, -0.2) is 41.3 Å². The van der Waals surface area contributed by atoms with E-state index in [9.17, 15) is 19.4 Å². The van der Waals surface area contributed by atoms with E-state index in [4.69, 9.17) is 4.74 Å². The molecule has 4 aromatic rings. The van der Waals surface area contributed by atoms with Crippen LogP contribution < -0.4 is 9.64 Å². The zero-order valence-corrected chi connectivity index (χ0v) is 21.9. The van der Waals surface area contributed by atoms with Gasteiger partial charge >= 0.3 is 6.03 Å². The van der Waals surface area contributed by atoms with E-state index in [2.05, 4.69) is 0 Å². The van der Waals surface area contributed by atoms with Gasteiger partial charge in [0, 0.05) is 24.4 Å². The molecule has 39 heavy (non-hydrogen) atoms. The number of rotatable bonds is 8. The van der Waals surface area contributed by atoms with Crippen LogP contribution in [0.25, 0.3) is 11.1 Å². The lowest BCUT2D eigenvalue weighted by Crippen LogP contribution is -2.31. The van der Waals surface area contributed by atoms with Crippen LogP contribution >= 0.6 is 0 Å². The monoisotopic (exact) mass is 526 g/mol. The topological polar surface area (TPSA) is 73.2 Å². The van der Waals surface area contributed by atoms with Gasteiger partial charge < -0.3 is 19.8 Å². The van der Waals surface area contributed by atoms with E-state index < -0.39 is 12.1 Å². The summed E-state index contributed by atoms with van der Waals surface area (Å²) >= 11 is 0. The van der Waals surface area contributed by atoms with Crippen LogP contribution in [0.2, 0.25) is 0 Å². The van der Waals surface area contributed by atoms with Crippen molar-refractivity contribution in [2.24, 2.45) is 0 Å². The van der Waals surface area contributed by atoms with Crippen LogP contribution in [0.3, 0.4) is 0 Å². The number of methoxy groups -OCH3 is 1. The third kappa shape index (κ3) is 5.31. The second kappa shape index (κ2) is 11.2. The number of aliphatic hydroxyl groups excluding tert-OH is 1. The molecule has 1 heterocycles. The molecule has 0 bridgehead atoms. The number of phenols is 1. The van der Waals surface area contributed by atoms with Gasteiger partial charge in [-0.05, 0) is 65.9 Å². The molecule has 0 spiro atoms. The molecular formula is C32H31FN2O4. The standard InChI is InChI=1S/C32H31FN2O4/c1-34-28(18-19-29(36)23-8-12-24(33)13-9-23)31(27-17-16-26(39-2)20-30(27)37)35(32(34)38)25-14-10-22(11-15-25)21-6-4-3-5-7-21/h3-17,20,28-29,31,36-37H,18-19H2,1-2H3/t28-,29-,31+/m0/s1. The second-order valence-corrected chi connectivity index (χ2v) is 9.76. The largest absolute Gasteiger partial charge is 0.507 e. The number of urea groups is 1. The number of carbonyl (C=O) groups excluding carboxylic acids is 1. The Kier molecular flexibility index (Phi) is 7.52. The number of hydrogen-bond donors (Lipinski definition) is 2. The molecule has 1 aliphatic rings. The average Bonchev–Trinajstić information content (AvgIpc) is 3.21. The molecule has 0 saturated carbocycles. The van der Waals surface area contributed by atoms with Crippen LogP contribution in [0.4, 0.5) is 14.9 Å². The quantitative estimate of drug-likeness (QED) is 0.268. The number of aromatic hydroxyl groups is 1. The number of likely N-dealkylation sites (N-methyl/N-ethyl adjacent to an activating group) is 1. The minimum atomic E-state index is -0.821. The number of aliphatic hydroxyl groups is 1. The first-order valence-electron chi connectivity index (χ1n) is 12.9. The minimum Gasteiger partial charge on any atom is -0.507 e. The van der Waals surface area contributed by atoms with E-state index in [1.165, 1.54) is 19.2 Å². The first kappa shape index (κ1) is 26.3. The highest BCUT2D eigenvalue weighted by Crippen LogP contribution is 2.44. The Labute approximate surface area is 227 Å². The molecule has 6 nitrogen and oxygen atoms in total. The summed E-state index contributed by atoms with van der Waals surface area (Å²) in [6.45, 7) is 0. The van der Waals surface area contributed by atoms with E-state index in [-0.39, 0.29) is 23.6 Å². The molecule has 2 amide bonds. The predicted octanol–water partition coefficient (Wildman–Crippen LogP) is 6.70. The average molecular weight is 527 g/mol. The van der Waals surface area contributed by atoms with Crippen LogP contribution in [0.15, 0.2) is 97.1 Å². The van der Waals surface area contributed by atoms with Crippen molar-refractivity contribution in [2.45, 2.75) is 31.0 Å². The molecule has 0 aliphatic carbocycles. The number of nitrogens with zero attached hydrogens (tertiary/aromatic N) is 2. The van der Waals surface area contributed by atoms with Gasteiger partial charge in [0.2, 0.25) is 0 Å². The molecule has 2 N–H and O–H groups in total. The summed E-state index contributed by atoms with van der Waals surface area (Å²) in [4.78, 5) is 17.0. The highest BCUT2D eigenvalue weighted by molar-refractivity contribution is 5.96. The van der Waals surface area contributed by atoms with Crippen molar-refractivity contribution in [3.8, 4) is 22.6 Å². The van der Waals surface area contributed by atoms with Gasteiger partial charge in [0.05, 0.1) is 25.3 Å². The lowest BCUT2D eigenvalue weighted by atomic mass is 9.92. The van der Waals surface area contributed by atoms with Gasteiger partial charge in [0.15, 0.2) is 0 Å². The van der Waals surface area contributed by atoms with Gasteiger partial charge in [0.25, 0.3) is 0 Å². The van der Waals surface area contributed by atoms with Crippen LogP contribution in [-0.2, 0) is 0 Å². The summed E-state index contributed by atoms with van der Waals surface area (Å²) in [6.07, 6.45) is -0.0177. The number of phenolic OH excluding ortho intramolecular Hbond substituents is 1. The molecular weight excluding hydrogens is 495 g/mol. The number of anilines is 1. The fourth-order valence-corrected chi connectivity index (χ4v) is 5.31. The Morgan fingerprint density at radius 3 is 2.23 bits per heavy atom. The molecule has 200 valence electrons. The Morgan fingerprint density at radius 2 is 1.59 bits per heavy atom. The molecule has 1 saturated heterocycles. The highest BCUT2D eigenvalue weighted by Gasteiger charge is 2.46. The summed E-state index contributed by atoms with van der Waals surface area (Å²) in [5.74, 6) is 0.171. The maximum Gasteiger partial charge on any atom is 0.325 e. The van der Waals surface area contributed by atoms with Gasteiger partial charge in [-0.2, -0.15) is 0 Å². The zero-order chi connectivity index (χ0) is 27.5.